The van der Waals surface area contributed by atoms with E-state index in [0.29, 0.717) is 24.7 Å². The Morgan fingerprint density at radius 2 is 2.11 bits per heavy atom. The summed E-state index contributed by atoms with van der Waals surface area (Å²) in [6.45, 7) is 2.30. The summed E-state index contributed by atoms with van der Waals surface area (Å²) in [4.78, 5) is 34.1. The number of rotatable bonds is 2. The Balaban J connectivity index is 1.52. The van der Waals surface area contributed by atoms with Crippen molar-refractivity contribution in [2.75, 3.05) is 25.0 Å². The van der Waals surface area contributed by atoms with Gasteiger partial charge in [0.2, 0.25) is 11.9 Å². The molecule has 8 heteroatoms. The van der Waals surface area contributed by atoms with Crippen LogP contribution in [0.3, 0.4) is 0 Å². The second kappa shape index (κ2) is 6.84. The van der Waals surface area contributed by atoms with E-state index in [1.165, 1.54) is 6.42 Å². The molecule has 2 fully saturated rings. The summed E-state index contributed by atoms with van der Waals surface area (Å²) in [5.41, 5.74) is 1.28. The number of carbonyl (C=O) groups is 2. The van der Waals surface area contributed by atoms with Crippen molar-refractivity contribution in [2.45, 2.75) is 50.5 Å². The highest BCUT2D eigenvalue weighted by Gasteiger charge is 2.41. The summed E-state index contributed by atoms with van der Waals surface area (Å²) in [6.07, 6.45) is 9.19. The number of carbonyl (C=O) groups excluding carboxylic acids is 2. The van der Waals surface area contributed by atoms with E-state index in [0.717, 1.165) is 56.1 Å². The van der Waals surface area contributed by atoms with Crippen molar-refractivity contribution in [3.05, 3.63) is 18.0 Å². The predicted molar refractivity (Wildman–Crippen MR) is 105 cm³/mol. The normalized spacial score (nSPS) is 24.0. The van der Waals surface area contributed by atoms with Crippen LogP contribution in [0, 0.1) is 5.92 Å². The standard InChI is InChI=1S/C20H26N6O2/c27-17(13-5-4-8-21-10-13)25-19-22-11-14-9-15-18(28)23-12-20(6-2-1-3-7-20)26(15)16(14)24-19/h9,11,13,21H,1-8,10,12H2,(H,23,28)(H,22,24,25,27)/t13-/m1/s1. The molecule has 0 aromatic carbocycles. The number of fused-ring (bicyclic) bond motifs is 4. The Morgan fingerprint density at radius 1 is 1.25 bits per heavy atom. The molecule has 0 radical (unpaired) electrons. The van der Waals surface area contributed by atoms with E-state index < -0.39 is 0 Å². The van der Waals surface area contributed by atoms with Gasteiger partial charge in [-0.25, -0.2) is 4.98 Å². The van der Waals surface area contributed by atoms with Crippen molar-refractivity contribution in [3.63, 3.8) is 0 Å². The highest BCUT2D eigenvalue weighted by Crippen LogP contribution is 2.40. The fourth-order valence-corrected chi connectivity index (χ4v) is 5.01. The first-order valence-corrected chi connectivity index (χ1v) is 10.4. The Morgan fingerprint density at radius 3 is 2.89 bits per heavy atom. The van der Waals surface area contributed by atoms with Crippen LogP contribution in [0.15, 0.2) is 12.3 Å². The van der Waals surface area contributed by atoms with E-state index >= 15 is 0 Å². The van der Waals surface area contributed by atoms with E-state index in [1.54, 1.807) is 6.20 Å². The molecular formula is C20H26N6O2. The Kier molecular flexibility index (Phi) is 4.30. The van der Waals surface area contributed by atoms with Crippen LogP contribution >= 0.6 is 0 Å². The van der Waals surface area contributed by atoms with E-state index in [2.05, 4.69) is 30.5 Å². The van der Waals surface area contributed by atoms with Gasteiger partial charge in [0.05, 0.1) is 11.5 Å². The zero-order chi connectivity index (χ0) is 19.1. The molecule has 2 aromatic heterocycles. The van der Waals surface area contributed by atoms with Gasteiger partial charge in [-0.3, -0.25) is 14.9 Å². The number of nitrogens with zero attached hydrogens (tertiary/aromatic N) is 3. The molecule has 1 aliphatic carbocycles. The molecule has 0 bridgehead atoms. The van der Waals surface area contributed by atoms with E-state index in [1.807, 2.05) is 6.07 Å². The molecule has 0 unspecified atom stereocenters. The van der Waals surface area contributed by atoms with Crippen LogP contribution in [0.4, 0.5) is 5.95 Å². The minimum atomic E-state index is -0.119. The molecule has 1 saturated heterocycles. The number of hydrogen-bond acceptors (Lipinski definition) is 5. The third-order valence-corrected chi connectivity index (χ3v) is 6.51. The molecule has 2 amide bonds. The first kappa shape index (κ1) is 17.6. The monoisotopic (exact) mass is 382 g/mol. The molecule has 1 atom stereocenters. The van der Waals surface area contributed by atoms with Gasteiger partial charge < -0.3 is 15.2 Å². The quantitative estimate of drug-likeness (QED) is 0.735. The van der Waals surface area contributed by atoms with E-state index in [9.17, 15) is 9.59 Å². The van der Waals surface area contributed by atoms with E-state index in [-0.39, 0.29) is 23.3 Å². The van der Waals surface area contributed by atoms with Crippen LogP contribution in [0.5, 0.6) is 0 Å². The molecule has 3 N–H and O–H groups in total. The minimum Gasteiger partial charge on any atom is -0.348 e. The summed E-state index contributed by atoms with van der Waals surface area (Å²) < 4.78 is 2.12. The lowest BCUT2D eigenvalue weighted by Gasteiger charge is -2.42. The largest absolute Gasteiger partial charge is 0.348 e. The smallest absolute Gasteiger partial charge is 0.268 e. The second-order valence-corrected chi connectivity index (χ2v) is 8.34. The van der Waals surface area contributed by atoms with Crippen molar-refractivity contribution in [1.29, 1.82) is 0 Å². The van der Waals surface area contributed by atoms with Gasteiger partial charge in [0.25, 0.3) is 5.91 Å². The van der Waals surface area contributed by atoms with E-state index in [4.69, 9.17) is 0 Å². The number of anilines is 1. The van der Waals surface area contributed by atoms with Gasteiger partial charge in [-0.15, -0.1) is 0 Å². The number of hydrogen-bond donors (Lipinski definition) is 3. The van der Waals surface area contributed by atoms with Crippen LogP contribution in [-0.4, -0.2) is 46.0 Å². The first-order chi connectivity index (χ1) is 13.7. The molecular weight excluding hydrogens is 356 g/mol. The molecule has 148 valence electrons. The zero-order valence-electron chi connectivity index (χ0n) is 16.0. The van der Waals surface area contributed by atoms with Gasteiger partial charge in [0.1, 0.15) is 11.3 Å². The molecule has 2 aromatic rings. The van der Waals surface area contributed by atoms with Crippen molar-refractivity contribution in [1.82, 2.24) is 25.2 Å². The maximum Gasteiger partial charge on any atom is 0.268 e. The van der Waals surface area contributed by atoms with Gasteiger partial charge in [-0.2, -0.15) is 4.98 Å². The van der Waals surface area contributed by atoms with Crippen molar-refractivity contribution >= 4 is 28.8 Å². The van der Waals surface area contributed by atoms with Crippen molar-refractivity contribution in [3.8, 4) is 0 Å². The lowest BCUT2D eigenvalue weighted by atomic mass is 9.80. The van der Waals surface area contributed by atoms with Crippen LogP contribution in [0.25, 0.3) is 11.0 Å². The first-order valence-electron chi connectivity index (χ1n) is 10.4. The van der Waals surface area contributed by atoms with Crippen LogP contribution in [-0.2, 0) is 10.3 Å². The number of amides is 2. The molecule has 5 rings (SSSR count). The lowest BCUT2D eigenvalue weighted by Crippen LogP contribution is -2.52. The summed E-state index contributed by atoms with van der Waals surface area (Å²) >= 11 is 0. The molecule has 3 aliphatic rings. The fourth-order valence-electron chi connectivity index (χ4n) is 5.01. The molecule has 4 heterocycles. The summed E-state index contributed by atoms with van der Waals surface area (Å²) in [6, 6.07) is 1.87. The lowest BCUT2D eigenvalue weighted by molar-refractivity contribution is -0.120. The highest BCUT2D eigenvalue weighted by molar-refractivity contribution is 5.99. The number of nitrogens with one attached hydrogen (secondary N) is 3. The summed E-state index contributed by atoms with van der Waals surface area (Å²) in [5.74, 6) is 0.167. The van der Waals surface area contributed by atoms with Gasteiger partial charge in [0.15, 0.2) is 0 Å². The Labute approximate surface area is 163 Å². The third-order valence-electron chi connectivity index (χ3n) is 6.51. The molecule has 8 nitrogen and oxygen atoms in total. The van der Waals surface area contributed by atoms with Crippen molar-refractivity contribution < 1.29 is 9.59 Å². The molecule has 1 saturated carbocycles. The minimum absolute atomic E-state index is 0.0397. The SMILES string of the molecule is O=C1NCC2(CCCCC2)n2c1cc1cnc(NC(=O)[C@@H]3CCCNC3)nc12. The van der Waals surface area contributed by atoms with Crippen LogP contribution in [0.1, 0.15) is 55.4 Å². The highest BCUT2D eigenvalue weighted by atomic mass is 16.2. The van der Waals surface area contributed by atoms with Crippen molar-refractivity contribution in [2.24, 2.45) is 5.92 Å². The Bertz CT molecular complexity index is 924. The fraction of sp³-hybridized carbons (Fsp3) is 0.600. The topological polar surface area (TPSA) is 101 Å². The number of piperidine rings is 1. The average molecular weight is 382 g/mol. The van der Waals surface area contributed by atoms with Gasteiger partial charge in [-0.1, -0.05) is 19.3 Å². The molecule has 2 aliphatic heterocycles. The van der Waals surface area contributed by atoms with Gasteiger partial charge in [0, 0.05) is 24.7 Å². The molecule has 28 heavy (non-hydrogen) atoms. The number of aromatic nitrogens is 3. The Hall–Kier alpha value is -2.48. The summed E-state index contributed by atoms with van der Waals surface area (Å²) in [7, 11) is 0. The van der Waals surface area contributed by atoms with Crippen LogP contribution in [0.2, 0.25) is 0 Å². The third kappa shape index (κ3) is 2.87. The average Bonchev–Trinajstić information content (AvgIpc) is 3.13. The maximum absolute atomic E-state index is 12.6. The van der Waals surface area contributed by atoms with Gasteiger partial charge >= 0.3 is 0 Å². The van der Waals surface area contributed by atoms with Crippen LogP contribution < -0.4 is 16.0 Å². The maximum atomic E-state index is 12.6. The molecule has 1 spiro atoms. The predicted octanol–water partition coefficient (Wildman–Crippen LogP) is 1.77. The van der Waals surface area contributed by atoms with Gasteiger partial charge in [-0.05, 0) is 38.3 Å². The zero-order valence-corrected chi connectivity index (χ0v) is 16.0. The second-order valence-electron chi connectivity index (χ2n) is 8.34. The summed E-state index contributed by atoms with van der Waals surface area (Å²) in [5, 5.41) is 10.1.